The molecule has 0 fully saturated rings. The molecule has 0 saturated carbocycles. The van der Waals surface area contributed by atoms with E-state index in [1.54, 1.807) is 7.11 Å². The third kappa shape index (κ3) is 5.76. The highest BCUT2D eigenvalue weighted by atomic mass is 19.1. The number of carbonyl (C=O) groups excluding carboxylic acids is 1. The molecule has 17 heavy (non-hydrogen) atoms. The molecule has 1 amide bonds. The minimum atomic E-state index is -0.605. The number of hydrogen-bond acceptors (Lipinski definition) is 5. The zero-order valence-electron chi connectivity index (χ0n) is 9.57. The van der Waals surface area contributed by atoms with Crippen molar-refractivity contribution in [2.45, 2.75) is 6.42 Å². The Hall–Kier alpha value is -1.76. The Morgan fingerprint density at radius 3 is 3.00 bits per heavy atom. The lowest BCUT2D eigenvalue weighted by molar-refractivity contribution is -0.121. The number of ether oxygens (including phenoxy) is 1. The Bertz CT molecular complexity index is 362. The van der Waals surface area contributed by atoms with Crippen molar-refractivity contribution >= 4 is 11.7 Å². The number of halogens is 1. The molecule has 1 aromatic heterocycles. The molecule has 0 atom stereocenters. The molecule has 7 heteroatoms. The number of nitrogens with zero attached hydrogens (tertiary/aromatic N) is 2. The van der Waals surface area contributed by atoms with Crippen molar-refractivity contribution in [1.82, 2.24) is 15.3 Å². The predicted octanol–water partition coefficient (Wildman–Crippen LogP) is 0.180. The van der Waals surface area contributed by atoms with Gasteiger partial charge in [0.25, 0.3) is 0 Å². The Balaban J connectivity index is 2.17. The Kier molecular flexibility index (Phi) is 5.87. The number of methoxy groups -OCH3 is 1. The number of carbonyl (C=O) groups is 1. The van der Waals surface area contributed by atoms with Gasteiger partial charge in [-0.1, -0.05) is 0 Å². The molecule has 1 aromatic rings. The van der Waals surface area contributed by atoms with Crippen LogP contribution in [0.1, 0.15) is 6.42 Å². The molecular weight excluding hydrogens is 227 g/mol. The third-order valence-corrected chi connectivity index (χ3v) is 1.92. The standard InChI is InChI=1S/C10H15FN4O2/c1-17-5-4-13-10(16)2-3-12-9-6-8(11)14-7-15-9/h6-7H,2-5H2,1H3,(H,13,16)(H,12,14,15). The number of hydrogen-bond donors (Lipinski definition) is 2. The smallest absolute Gasteiger partial charge is 0.221 e. The molecule has 0 aliphatic heterocycles. The average molecular weight is 242 g/mol. The molecule has 0 saturated heterocycles. The minimum absolute atomic E-state index is 0.0934. The fourth-order valence-corrected chi connectivity index (χ4v) is 1.12. The summed E-state index contributed by atoms with van der Waals surface area (Å²) < 4.78 is 17.5. The van der Waals surface area contributed by atoms with Gasteiger partial charge >= 0.3 is 0 Å². The molecule has 1 rings (SSSR count). The first-order valence-corrected chi connectivity index (χ1v) is 5.19. The number of amides is 1. The van der Waals surface area contributed by atoms with Gasteiger partial charge in [0.05, 0.1) is 6.61 Å². The number of anilines is 1. The third-order valence-electron chi connectivity index (χ3n) is 1.92. The Morgan fingerprint density at radius 2 is 2.29 bits per heavy atom. The zero-order valence-corrected chi connectivity index (χ0v) is 9.57. The second-order valence-corrected chi connectivity index (χ2v) is 3.25. The van der Waals surface area contributed by atoms with Crippen LogP contribution in [0.25, 0.3) is 0 Å². The van der Waals surface area contributed by atoms with Crippen LogP contribution >= 0.6 is 0 Å². The molecule has 0 aliphatic rings. The van der Waals surface area contributed by atoms with E-state index in [1.165, 1.54) is 6.07 Å². The van der Waals surface area contributed by atoms with E-state index in [0.717, 1.165) is 6.33 Å². The van der Waals surface area contributed by atoms with Crippen LogP contribution in [0.15, 0.2) is 12.4 Å². The van der Waals surface area contributed by atoms with Gasteiger partial charge in [0.1, 0.15) is 12.1 Å². The van der Waals surface area contributed by atoms with Crippen molar-refractivity contribution < 1.29 is 13.9 Å². The molecule has 6 nitrogen and oxygen atoms in total. The van der Waals surface area contributed by atoms with E-state index in [2.05, 4.69) is 20.6 Å². The van der Waals surface area contributed by atoms with Gasteiger partial charge in [0, 0.05) is 32.7 Å². The largest absolute Gasteiger partial charge is 0.383 e. The topological polar surface area (TPSA) is 76.1 Å². The first-order valence-electron chi connectivity index (χ1n) is 5.19. The highest BCUT2D eigenvalue weighted by Crippen LogP contribution is 2.01. The minimum Gasteiger partial charge on any atom is -0.383 e. The van der Waals surface area contributed by atoms with E-state index >= 15 is 0 Å². The molecule has 2 N–H and O–H groups in total. The fraction of sp³-hybridized carbons (Fsp3) is 0.500. The van der Waals surface area contributed by atoms with Crippen LogP contribution in [0.4, 0.5) is 10.2 Å². The fourth-order valence-electron chi connectivity index (χ4n) is 1.12. The summed E-state index contributed by atoms with van der Waals surface area (Å²) in [6, 6.07) is 1.17. The van der Waals surface area contributed by atoms with Gasteiger partial charge in [-0.2, -0.15) is 4.39 Å². The highest BCUT2D eigenvalue weighted by molar-refractivity contribution is 5.76. The van der Waals surface area contributed by atoms with Crippen LogP contribution in [0.5, 0.6) is 0 Å². The quantitative estimate of drug-likeness (QED) is 0.527. The summed E-state index contributed by atoms with van der Waals surface area (Å²) in [5, 5.41) is 5.49. The van der Waals surface area contributed by atoms with Crippen LogP contribution in [0, 0.1) is 5.95 Å². The first kappa shape index (κ1) is 13.3. The Morgan fingerprint density at radius 1 is 1.47 bits per heavy atom. The van der Waals surface area contributed by atoms with Crippen LogP contribution in [-0.4, -0.2) is 42.7 Å². The molecule has 0 aromatic carbocycles. The van der Waals surface area contributed by atoms with Crippen LogP contribution in [0.3, 0.4) is 0 Å². The van der Waals surface area contributed by atoms with Gasteiger partial charge in [-0.25, -0.2) is 9.97 Å². The summed E-state index contributed by atoms with van der Waals surface area (Å²) in [4.78, 5) is 18.4. The van der Waals surface area contributed by atoms with E-state index < -0.39 is 5.95 Å². The van der Waals surface area contributed by atoms with Gasteiger partial charge in [0.15, 0.2) is 0 Å². The second kappa shape index (κ2) is 7.50. The molecular formula is C10H15FN4O2. The van der Waals surface area contributed by atoms with Crippen molar-refractivity contribution in [3.05, 3.63) is 18.3 Å². The lowest BCUT2D eigenvalue weighted by Gasteiger charge is -2.06. The van der Waals surface area contributed by atoms with Crippen molar-refractivity contribution in [2.75, 3.05) is 32.1 Å². The lowest BCUT2D eigenvalue weighted by Crippen LogP contribution is -2.28. The predicted molar refractivity (Wildman–Crippen MR) is 60.0 cm³/mol. The van der Waals surface area contributed by atoms with E-state index in [0.29, 0.717) is 25.5 Å². The van der Waals surface area contributed by atoms with Gasteiger partial charge in [-0.3, -0.25) is 4.79 Å². The summed E-state index contributed by atoms with van der Waals surface area (Å²) in [5.74, 6) is -0.335. The number of rotatable bonds is 7. The zero-order chi connectivity index (χ0) is 12.5. The van der Waals surface area contributed by atoms with Gasteiger partial charge in [0.2, 0.25) is 11.9 Å². The summed E-state index contributed by atoms with van der Waals surface area (Å²) in [7, 11) is 1.57. The highest BCUT2D eigenvalue weighted by Gasteiger charge is 2.01. The van der Waals surface area contributed by atoms with Gasteiger partial charge in [-0.15, -0.1) is 0 Å². The van der Waals surface area contributed by atoms with Gasteiger partial charge in [-0.05, 0) is 0 Å². The summed E-state index contributed by atoms with van der Waals surface area (Å²) >= 11 is 0. The molecule has 0 aliphatic carbocycles. The van der Waals surface area contributed by atoms with Crippen LogP contribution < -0.4 is 10.6 Å². The maximum absolute atomic E-state index is 12.7. The van der Waals surface area contributed by atoms with Crippen molar-refractivity contribution in [3.8, 4) is 0 Å². The summed E-state index contributed by atoms with van der Waals surface area (Å²) in [5.41, 5.74) is 0. The number of aromatic nitrogens is 2. The van der Waals surface area contributed by atoms with Crippen LogP contribution in [0.2, 0.25) is 0 Å². The van der Waals surface area contributed by atoms with Crippen molar-refractivity contribution in [2.24, 2.45) is 0 Å². The molecule has 0 spiro atoms. The monoisotopic (exact) mass is 242 g/mol. The van der Waals surface area contributed by atoms with E-state index in [-0.39, 0.29) is 12.3 Å². The first-order chi connectivity index (χ1) is 8.22. The maximum atomic E-state index is 12.7. The molecule has 0 unspecified atom stereocenters. The average Bonchev–Trinajstić information content (AvgIpc) is 2.29. The summed E-state index contributed by atoms with van der Waals surface area (Å²) in [6.07, 6.45) is 1.41. The lowest BCUT2D eigenvalue weighted by atomic mass is 10.4. The molecule has 0 bridgehead atoms. The van der Waals surface area contributed by atoms with E-state index in [9.17, 15) is 9.18 Å². The van der Waals surface area contributed by atoms with Crippen molar-refractivity contribution in [1.29, 1.82) is 0 Å². The molecule has 94 valence electrons. The SMILES string of the molecule is COCCNC(=O)CCNc1cc(F)ncn1. The molecule has 1 heterocycles. The van der Waals surface area contributed by atoms with Gasteiger partial charge < -0.3 is 15.4 Å². The maximum Gasteiger partial charge on any atom is 0.221 e. The normalized spacial score (nSPS) is 10.0. The Labute approximate surface area is 98.6 Å². The molecule has 0 radical (unpaired) electrons. The van der Waals surface area contributed by atoms with E-state index in [1.807, 2.05) is 0 Å². The number of nitrogens with one attached hydrogen (secondary N) is 2. The van der Waals surface area contributed by atoms with Crippen molar-refractivity contribution in [3.63, 3.8) is 0 Å². The van der Waals surface area contributed by atoms with Crippen LogP contribution in [-0.2, 0) is 9.53 Å². The second-order valence-electron chi connectivity index (χ2n) is 3.25. The summed E-state index contributed by atoms with van der Waals surface area (Å²) in [6.45, 7) is 1.35. The van der Waals surface area contributed by atoms with E-state index in [4.69, 9.17) is 4.74 Å².